The van der Waals surface area contributed by atoms with E-state index in [0.717, 1.165) is 11.3 Å². The number of ether oxygens (including phenoxy) is 2. The Labute approximate surface area is 119 Å². The van der Waals surface area contributed by atoms with Crippen LogP contribution >= 0.6 is 24.2 Å². The lowest BCUT2D eigenvalue weighted by Crippen LogP contribution is -2.19. The average Bonchev–Trinajstić information content (AvgIpc) is 2.97. The van der Waals surface area contributed by atoms with Crippen LogP contribution in [0, 0.1) is 0 Å². The summed E-state index contributed by atoms with van der Waals surface area (Å²) in [5.74, 6) is 1.79. The summed E-state index contributed by atoms with van der Waals surface area (Å²) in [6, 6.07) is 5.51. The minimum absolute atomic E-state index is 0. The fraction of sp³-hybridized carbons (Fsp3) is 0.182. The van der Waals surface area contributed by atoms with E-state index in [1.54, 1.807) is 6.21 Å². The molecule has 2 aliphatic heterocycles. The highest BCUT2D eigenvalue weighted by Gasteiger charge is 2.16. The number of thioether (sulfide) groups is 1. The number of fused-ring (bicyclic) bond motifs is 1. The molecular weight excluding hydrogens is 290 g/mol. The number of carbonyl (C=O) groups is 1. The third-order valence-corrected chi connectivity index (χ3v) is 3.20. The summed E-state index contributed by atoms with van der Waals surface area (Å²) in [4.78, 5) is 10.9. The number of amides is 1. The van der Waals surface area contributed by atoms with Crippen LogP contribution in [0.1, 0.15) is 5.56 Å². The first-order valence-electron chi connectivity index (χ1n) is 5.24. The van der Waals surface area contributed by atoms with Crippen molar-refractivity contribution < 1.29 is 14.3 Å². The molecule has 0 aromatic heterocycles. The molecule has 1 aromatic rings. The quantitative estimate of drug-likeness (QED) is 0.661. The van der Waals surface area contributed by atoms with E-state index in [-0.39, 0.29) is 25.1 Å². The molecule has 6 nitrogen and oxygen atoms in total. The van der Waals surface area contributed by atoms with Gasteiger partial charge in [-0.1, -0.05) is 11.8 Å². The number of nitrogens with zero attached hydrogens (tertiary/aromatic N) is 2. The van der Waals surface area contributed by atoms with Gasteiger partial charge in [0.2, 0.25) is 12.7 Å². The molecule has 3 rings (SSSR count). The fourth-order valence-electron chi connectivity index (χ4n) is 1.52. The van der Waals surface area contributed by atoms with Crippen LogP contribution in [0.5, 0.6) is 11.5 Å². The number of rotatable bonds is 2. The Morgan fingerprint density at radius 2 is 2.16 bits per heavy atom. The Morgan fingerprint density at radius 3 is 2.95 bits per heavy atom. The zero-order valence-corrected chi connectivity index (χ0v) is 11.3. The van der Waals surface area contributed by atoms with E-state index in [9.17, 15) is 4.79 Å². The molecule has 19 heavy (non-hydrogen) atoms. The van der Waals surface area contributed by atoms with Crippen molar-refractivity contribution in [1.29, 1.82) is 0 Å². The van der Waals surface area contributed by atoms with Crippen LogP contribution in [-0.4, -0.2) is 29.8 Å². The third kappa shape index (κ3) is 3.18. The van der Waals surface area contributed by atoms with E-state index < -0.39 is 0 Å². The first-order valence-corrected chi connectivity index (χ1v) is 6.23. The van der Waals surface area contributed by atoms with E-state index in [2.05, 4.69) is 15.5 Å². The minimum atomic E-state index is -0.0444. The maximum Gasteiger partial charge on any atom is 0.236 e. The smallest absolute Gasteiger partial charge is 0.236 e. The van der Waals surface area contributed by atoms with Gasteiger partial charge in [-0.15, -0.1) is 17.5 Å². The van der Waals surface area contributed by atoms with E-state index >= 15 is 0 Å². The maximum atomic E-state index is 10.9. The van der Waals surface area contributed by atoms with Crippen LogP contribution in [0.3, 0.4) is 0 Å². The number of benzene rings is 1. The Balaban J connectivity index is 0.00000133. The number of hydrogen-bond acceptors (Lipinski definition) is 6. The molecule has 8 heteroatoms. The van der Waals surface area contributed by atoms with Gasteiger partial charge in [-0.25, -0.2) is 0 Å². The van der Waals surface area contributed by atoms with Crippen molar-refractivity contribution in [2.45, 2.75) is 0 Å². The van der Waals surface area contributed by atoms with E-state index in [4.69, 9.17) is 9.47 Å². The van der Waals surface area contributed by atoms with Crippen molar-refractivity contribution in [1.82, 2.24) is 5.32 Å². The van der Waals surface area contributed by atoms with E-state index in [0.29, 0.717) is 16.7 Å². The molecule has 0 aliphatic carbocycles. The zero-order chi connectivity index (χ0) is 12.4. The first-order chi connectivity index (χ1) is 8.81. The molecule has 1 saturated heterocycles. The Morgan fingerprint density at radius 1 is 1.32 bits per heavy atom. The minimum Gasteiger partial charge on any atom is -0.454 e. The fourth-order valence-corrected chi connectivity index (χ4v) is 2.15. The highest BCUT2D eigenvalue weighted by atomic mass is 35.5. The number of hydrogen-bond donors (Lipinski definition) is 1. The van der Waals surface area contributed by atoms with Gasteiger partial charge in [-0.05, 0) is 23.8 Å². The van der Waals surface area contributed by atoms with Gasteiger partial charge in [-0.3, -0.25) is 4.79 Å². The molecule has 0 spiro atoms. The zero-order valence-electron chi connectivity index (χ0n) is 9.66. The van der Waals surface area contributed by atoms with Crippen LogP contribution in [0.15, 0.2) is 28.4 Å². The van der Waals surface area contributed by atoms with Gasteiger partial charge in [0.1, 0.15) is 0 Å². The molecule has 0 unspecified atom stereocenters. The number of carbonyl (C=O) groups excluding carboxylic acids is 1. The molecule has 1 fully saturated rings. The molecule has 0 atom stereocenters. The second-order valence-corrected chi connectivity index (χ2v) is 4.56. The lowest BCUT2D eigenvalue weighted by molar-refractivity contribution is -0.116. The van der Waals surface area contributed by atoms with Gasteiger partial charge in [0.15, 0.2) is 16.7 Å². The van der Waals surface area contributed by atoms with Crippen LogP contribution < -0.4 is 14.8 Å². The van der Waals surface area contributed by atoms with Gasteiger partial charge >= 0.3 is 0 Å². The van der Waals surface area contributed by atoms with E-state index in [1.807, 2.05) is 18.2 Å². The third-order valence-electron chi connectivity index (χ3n) is 2.34. The van der Waals surface area contributed by atoms with Crippen molar-refractivity contribution in [2.75, 3.05) is 12.5 Å². The van der Waals surface area contributed by atoms with E-state index in [1.165, 1.54) is 11.8 Å². The van der Waals surface area contributed by atoms with Gasteiger partial charge < -0.3 is 14.8 Å². The molecule has 0 radical (unpaired) electrons. The monoisotopic (exact) mass is 299 g/mol. The topological polar surface area (TPSA) is 72.3 Å². The second-order valence-electron chi connectivity index (χ2n) is 3.60. The highest BCUT2D eigenvalue weighted by molar-refractivity contribution is 8.15. The highest BCUT2D eigenvalue weighted by Crippen LogP contribution is 2.31. The van der Waals surface area contributed by atoms with Crippen molar-refractivity contribution in [2.24, 2.45) is 10.2 Å². The predicted molar refractivity (Wildman–Crippen MR) is 75.4 cm³/mol. The lowest BCUT2D eigenvalue weighted by Gasteiger charge is -1.96. The summed E-state index contributed by atoms with van der Waals surface area (Å²) in [5.41, 5.74) is 0.859. The summed E-state index contributed by atoms with van der Waals surface area (Å²) < 4.78 is 10.5. The Kier molecular flexibility index (Phi) is 4.28. The molecule has 1 aromatic carbocycles. The Bertz CT molecular complexity index is 562. The normalized spacial score (nSPS) is 18.7. The molecule has 0 bridgehead atoms. The van der Waals surface area contributed by atoms with Crippen LogP contribution in [0.2, 0.25) is 0 Å². The van der Waals surface area contributed by atoms with Crippen LogP contribution in [-0.2, 0) is 4.79 Å². The molecule has 1 N–H and O–H groups in total. The van der Waals surface area contributed by atoms with Gasteiger partial charge in [0.25, 0.3) is 0 Å². The predicted octanol–water partition coefficient (Wildman–Crippen LogP) is 1.39. The van der Waals surface area contributed by atoms with Crippen LogP contribution in [0.25, 0.3) is 0 Å². The van der Waals surface area contributed by atoms with Crippen molar-refractivity contribution >= 4 is 41.5 Å². The van der Waals surface area contributed by atoms with Crippen molar-refractivity contribution in [3.05, 3.63) is 23.8 Å². The molecule has 0 saturated carbocycles. The molecule has 2 aliphatic rings. The summed E-state index contributed by atoms with van der Waals surface area (Å²) >= 11 is 1.34. The number of nitrogens with one attached hydrogen (secondary N) is 1. The van der Waals surface area contributed by atoms with Gasteiger partial charge in [0.05, 0.1) is 12.0 Å². The standard InChI is InChI=1S/C11H9N3O3S.ClH/c15-10-5-18-11(13-10)14-12-4-7-1-2-8-9(3-7)17-6-16-8;/h1-4H,5-6H2,(H,13,14,15);1H. The molecule has 1 amide bonds. The second kappa shape index (κ2) is 5.94. The summed E-state index contributed by atoms with van der Waals surface area (Å²) in [6.45, 7) is 0.251. The summed E-state index contributed by atoms with van der Waals surface area (Å²) in [6.07, 6.45) is 1.60. The van der Waals surface area contributed by atoms with Crippen LogP contribution in [0.4, 0.5) is 0 Å². The van der Waals surface area contributed by atoms with Gasteiger partial charge in [-0.2, -0.15) is 5.10 Å². The summed E-state index contributed by atoms with van der Waals surface area (Å²) in [7, 11) is 0. The SMILES string of the molecule is Cl.O=C1CSC(=NN=Cc2ccc3c(c2)OCO3)N1. The van der Waals surface area contributed by atoms with Crippen molar-refractivity contribution in [3.63, 3.8) is 0 Å². The first kappa shape index (κ1) is 13.7. The number of amidine groups is 1. The Hall–Kier alpha value is -1.73. The summed E-state index contributed by atoms with van der Waals surface area (Å²) in [5, 5.41) is 10.9. The largest absolute Gasteiger partial charge is 0.454 e. The van der Waals surface area contributed by atoms with Crippen molar-refractivity contribution in [3.8, 4) is 11.5 Å². The average molecular weight is 300 g/mol. The molecule has 100 valence electrons. The number of halogens is 1. The van der Waals surface area contributed by atoms with Gasteiger partial charge in [0, 0.05) is 0 Å². The maximum absolute atomic E-state index is 10.9. The molecular formula is C11H10ClN3O3S. The molecule has 2 heterocycles. The lowest BCUT2D eigenvalue weighted by atomic mass is 10.2.